The first-order chi connectivity index (χ1) is 19.5. The summed E-state index contributed by atoms with van der Waals surface area (Å²) in [4.78, 5) is 28.5. The third kappa shape index (κ3) is 5.99. The van der Waals surface area contributed by atoms with Crippen LogP contribution in [0.4, 0.5) is 0 Å². The molecule has 2 amide bonds. The molecule has 2 aliphatic heterocycles. The van der Waals surface area contributed by atoms with E-state index >= 15 is 0 Å². The molecular weight excluding hydrogens is 513 g/mol. The second-order valence-electron chi connectivity index (χ2n) is 13.8. The Morgan fingerprint density at radius 1 is 1.20 bits per heavy atom. The van der Waals surface area contributed by atoms with E-state index in [1.54, 1.807) is 6.08 Å². The van der Waals surface area contributed by atoms with E-state index in [-0.39, 0.29) is 52.4 Å². The van der Waals surface area contributed by atoms with E-state index < -0.39 is 7.12 Å². The molecule has 6 atom stereocenters. The van der Waals surface area contributed by atoms with E-state index in [2.05, 4.69) is 44.3 Å². The zero-order valence-corrected chi connectivity index (χ0v) is 25.4. The minimum absolute atomic E-state index is 0.0479. The van der Waals surface area contributed by atoms with E-state index in [0.29, 0.717) is 37.6 Å². The third-order valence-electron chi connectivity index (χ3n) is 10.4. The zero-order chi connectivity index (χ0) is 29.4. The van der Waals surface area contributed by atoms with Gasteiger partial charge in [-0.25, -0.2) is 0 Å². The van der Waals surface area contributed by atoms with Crippen molar-refractivity contribution < 1.29 is 18.9 Å². The van der Waals surface area contributed by atoms with Crippen LogP contribution in [0, 0.1) is 34.5 Å². The van der Waals surface area contributed by atoms with Gasteiger partial charge in [-0.2, -0.15) is 5.26 Å². The van der Waals surface area contributed by atoms with E-state index in [0.717, 1.165) is 31.2 Å². The maximum atomic E-state index is 13.4. The summed E-state index contributed by atoms with van der Waals surface area (Å²) in [7, 11) is -0.503. The van der Waals surface area contributed by atoms with Crippen LogP contribution in [0.15, 0.2) is 42.0 Å². The molecule has 1 N–H and O–H groups in total. The molecule has 1 aromatic rings. The van der Waals surface area contributed by atoms with Gasteiger partial charge in [-0.05, 0) is 80.6 Å². The molecule has 5 fully saturated rings. The molecule has 0 spiro atoms. The maximum Gasteiger partial charge on any atom is 0.482 e. The van der Waals surface area contributed by atoms with Gasteiger partial charge < -0.3 is 19.5 Å². The van der Waals surface area contributed by atoms with Crippen molar-refractivity contribution in [2.75, 3.05) is 6.54 Å². The number of hydrogen-bond donors (Lipinski definition) is 1. The average Bonchev–Trinajstić information content (AvgIpc) is 3.32. The molecule has 0 aromatic heterocycles. The third-order valence-corrected chi connectivity index (χ3v) is 10.4. The number of nitrogens with one attached hydrogen (secondary N) is 1. The minimum Gasteiger partial charge on any atom is -0.404 e. The van der Waals surface area contributed by atoms with Crippen LogP contribution in [-0.2, 0) is 25.3 Å². The fourth-order valence-electron chi connectivity index (χ4n) is 7.94. The number of nitriles is 1. The lowest BCUT2D eigenvalue weighted by molar-refractivity contribution is -0.199. The number of hydrogen-bond acceptors (Lipinski definition) is 5. The van der Waals surface area contributed by atoms with E-state index in [1.807, 2.05) is 36.9 Å². The summed E-state index contributed by atoms with van der Waals surface area (Å²) in [6, 6.07) is 12.2. The molecule has 3 saturated carbocycles. The number of benzene rings is 1. The SMILES string of the molecule is CC(C)C=C(C#N)C(=O)N1CCCCC1CCC(=O)N[C@@H](Cc1ccccc1)B1O[C@@H]2C[C@@H]3C[C@@H](C3(C)C)[C@]2(C)O1. The van der Waals surface area contributed by atoms with Crippen LogP contribution < -0.4 is 5.32 Å². The van der Waals surface area contributed by atoms with Gasteiger partial charge in [0.2, 0.25) is 5.91 Å². The summed E-state index contributed by atoms with van der Waals surface area (Å²) >= 11 is 0. The molecule has 2 heterocycles. The number of piperidine rings is 1. The number of carbonyl (C=O) groups excluding carboxylic acids is 2. The molecule has 41 heavy (non-hydrogen) atoms. The van der Waals surface area contributed by atoms with Gasteiger partial charge in [0.1, 0.15) is 11.6 Å². The molecule has 8 heteroatoms. The van der Waals surface area contributed by atoms with Gasteiger partial charge in [-0.3, -0.25) is 9.59 Å². The summed E-state index contributed by atoms with van der Waals surface area (Å²) < 4.78 is 13.3. The normalized spacial score (nSPS) is 31.2. The molecule has 220 valence electrons. The molecule has 1 unspecified atom stereocenters. The highest BCUT2D eigenvalue weighted by Crippen LogP contribution is 2.65. The number of likely N-dealkylation sites (tertiary alicyclic amines) is 1. The number of allylic oxidation sites excluding steroid dienone is 1. The van der Waals surface area contributed by atoms with Crippen LogP contribution in [0.5, 0.6) is 0 Å². The zero-order valence-electron chi connectivity index (χ0n) is 25.4. The first-order valence-corrected chi connectivity index (χ1v) is 15.6. The van der Waals surface area contributed by atoms with Crippen molar-refractivity contribution in [3.63, 3.8) is 0 Å². The number of amides is 2. The molecule has 0 radical (unpaired) electrons. The minimum atomic E-state index is -0.503. The second-order valence-corrected chi connectivity index (χ2v) is 13.8. The first-order valence-electron chi connectivity index (χ1n) is 15.6. The van der Waals surface area contributed by atoms with Crippen molar-refractivity contribution in [1.82, 2.24) is 10.2 Å². The summed E-state index contributed by atoms with van der Waals surface area (Å²) in [5, 5.41) is 12.9. The second kappa shape index (κ2) is 11.9. The molecule has 1 aromatic carbocycles. The summed E-state index contributed by atoms with van der Waals surface area (Å²) in [5.41, 5.74) is 1.24. The molecule has 2 saturated heterocycles. The van der Waals surface area contributed by atoms with Crippen LogP contribution in [0.1, 0.15) is 85.1 Å². The lowest BCUT2D eigenvalue weighted by atomic mass is 9.43. The van der Waals surface area contributed by atoms with Crippen LogP contribution in [-0.4, -0.2) is 54.1 Å². The van der Waals surface area contributed by atoms with Crippen molar-refractivity contribution >= 4 is 18.9 Å². The molecule has 7 nitrogen and oxygen atoms in total. The Labute approximate surface area is 246 Å². The van der Waals surface area contributed by atoms with E-state index in [9.17, 15) is 14.9 Å². The Hall–Kier alpha value is -2.63. The van der Waals surface area contributed by atoms with Gasteiger partial charge in [0, 0.05) is 19.0 Å². The Kier molecular flexibility index (Phi) is 8.69. The summed E-state index contributed by atoms with van der Waals surface area (Å²) in [6.07, 6.45) is 8.26. The molecular formula is C33H46BN3O4. The first kappa shape index (κ1) is 29.9. The molecule has 5 aliphatic rings. The van der Waals surface area contributed by atoms with Gasteiger partial charge in [-0.1, -0.05) is 64.1 Å². The van der Waals surface area contributed by atoms with Crippen molar-refractivity contribution in [3.05, 3.63) is 47.5 Å². The molecule has 6 rings (SSSR count). The van der Waals surface area contributed by atoms with Crippen LogP contribution >= 0.6 is 0 Å². The smallest absolute Gasteiger partial charge is 0.404 e. The summed E-state index contributed by atoms with van der Waals surface area (Å²) in [5.74, 6) is 0.656. The monoisotopic (exact) mass is 559 g/mol. The van der Waals surface area contributed by atoms with Crippen LogP contribution in [0.2, 0.25) is 0 Å². The molecule has 2 bridgehead atoms. The quantitative estimate of drug-likeness (QED) is 0.254. The van der Waals surface area contributed by atoms with Gasteiger partial charge >= 0.3 is 7.12 Å². The topological polar surface area (TPSA) is 91.7 Å². The standard InChI is InChI=1S/C33H46BN3O4/c1-22(2)17-24(21-35)31(39)37-16-10-9-13-26(37)14-15-30(38)36-29(18-23-11-7-6-8-12-23)34-40-28-20-25-19-27(32(25,3)4)33(28,5)41-34/h6-8,11-12,17,22,25-29H,9-10,13-16,18-20H2,1-5H3,(H,36,38)/t25-,26?,27-,28+,29-,33-/m0/s1. The van der Waals surface area contributed by atoms with Gasteiger partial charge in [0.15, 0.2) is 0 Å². The van der Waals surface area contributed by atoms with E-state index in [4.69, 9.17) is 9.31 Å². The largest absolute Gasteiger partial charge is 0.482 e. The van der Waals surface area contributed by atoms with Crippen LogP contribution in [0.25, 0.3) is 0 Å². The Morgan fingerprint density at radius 2 is 1.95 bits per heavy atom. The lowest BCUT2D eigenvalue weighted by Gasteiger charge is -2.64. The summed E-state index contributed by atoms with van der Waals surface area (Å²) in [6.45, 7) is 11.5. The fourth-order valence-corrected chi connectivity index (χ4v) is 7.94. The van der Waals surface area contributed by atoms with Gasteiger partial charge in [-0.15, -0.1) is 0 Å². The van der Waals surface area contributed by atoms with E-state index in [1.165, 1.54) is 6.42 Å². The Balaban J connectivity index is 1.25. The van der Waals surface area contributed by atoms with Gasteiger partial charge in [0.25, 0.3) is 5.91 Å². The Bertz CT molecular complexity index is 1190. The van der Waals surface area contributed by atoms with Crippen molar-refractivity contribution in [3.8, 4) is 6.07 Å². The van der Waals surface area contributed by atoms with Gasteiger partial charge in [0.05, 0.1) is 17.6 Å². The highest BCUT2D eigenvalue weighted by atomic mass is 16.7. The number of carbonyl (C=O) groups is 2. The lowest BCUT2D eigenvalue weighted by Crippen LogP contribution is -2.65. The molecule has 3 aliphatic carbocycles. The fraction of sp³-hybridized carbons (Fsp3) is 0.667. The van der Waals surface area contributed by atoms with Crippen molar-refractivity contribution in [2.24, 2.45) is 23.2 Å². The predicted octanol–water partition coefficient (Wildman–Crippen LogP) is 5.25. The van der Waals surface area contributed by atoms with Crippen LogP contribution in [0.3, 0.4) is 0 Å². The Morgan fingerprint density at radius 3 is 2.63 bits per heavy atom. The number of nitrogens with zero attached hydrogens (tertiary/aromatic N) is 2. The highest BCUT2D eigenvalue weighted by Gasteiger charge is 2.68. The van der Waals surface area contributed by atoms with Crippen molar-refractivity contribution in [1.29, 1.82) is 5.26 Å². The maximum absolute atomic E-state index is 13.4. The average molecular weight is 560 g/mol. The van der Waals surface area contributed by atoms with Crippen molar-refractivity contribution in [2.45, 2.75) is 110 Å². The highest BCUT2D eigenvalue weighted by molar-refractivity contribution is 6.48. The number of rotatable bonds is 9. The predicted molar refractivity (Wildman–Crippen MR) is 159 cm³/mol.